The fourth-order valence-corrected chi connectivity index (χ4v) is 4.79. The van der Waals surface area contributed by atoms with Crippen molar-refractivity contribution in [3.63, 3.8) is 0 Å². The van der Waals surface area contributed by atoms with Crippen LogP contribution >= 0.6 is 0 Å². The van der Waals surface area contributed by atoms with E-state index in [9.17, 15) is 18.0 Å². The number of rotatable bonds is 4. The molecule has 2 aliphatic rings. The molecule has 1 aromatic rings. The van der Waals surface area contributed by atoms with Gasteiger partial charge in [0.25, 0.3) is 5.91 Å². The molecule has 1 unspecified atom stereocenters. The molecule has 0 aromatic heterocycles. The molecule has 1 fully saturated rings. The first-order valence-electron chi connectivity index (χ1n) is 9.00. The predicted octanol–water partition coefficient (Wildman–Crippen LogP) is 1.20. The summed E-state index contributed by atoms with van der Waals surface area (Å²) >= 11 is 0. The highest BCUT2D eigenvalue weighted by Crippen LogP contribution is 2.33. The topological polar surface area (TPSA) is 96.0 Å². The highest BCUT2D eigenvalue weighted by molar-refractivity contribution is 7.89. The summed E-state index contributed by atoms with van der Waals surface area (Å²) in [5, 5.41) is 2.65. The Morgan fingerprint density at radius 1 is 1.41 bits per heavy atom. The van der Waals surface area contributed by atoms with Crippen molar-refractivity contribution in [2.45, 2.75) is 31.6 Å². The van der Waals surface area contributed by atoms with Gasteiger partial charge in [-0.3, -0.25) is 9.59 Å². The van der Waals surface area contributed by atoms with E-state index in [1.165, 1.54) is 13.1 Å². The third-order valence-corrected chi connectivity index (χ3v) is 6.91. The van der Waals surface area contributed by atoms with Crippen LogP contribution in [0.5, 0.6) is 5.75 Å². The van der Waals surface area contributed by atoms with E-state index in [0.29, 0.717) is 36.0 Å². The van der Waals surface area contributed by atoms with Gasteiger partial charge in [0.2, 0.25) is 15.9 Å². The van der Waals surface area contributed by atoms with Crippen molar-refractivity contribution >= 4 is 27.5 Å². The first-order valence-corrected chi connectivity index (χ1v) is 10.4. The van der Waals surface area contributed by atoms with E-state index in [2.05, 4.69) is 12.2 Å². The van der Waals surface area contributed by atoms with Gasteiger partial charge in [0.1, 0.15) is 5.75 Å². The number of likely N-dealkylation sites (N-methyl/N-ethyl adjacent to an activating group) is 1. The summed E-state index contributed by atoms with van der Waals surface area (Å²) in [6, 6.07) is 2.98. The van der Waals surface area contributed by atoms with Crippen molar-refractivity contribution in [2.75, 3.05) is 38.6 Å². The minimum absolute atomic E-state index is 0.0692. The number of amides is 2. The standard InChI is InChI=1S/C18H25N3O5S/c1-12-5-4-6-21(9-12)18(23)10-20(3)27(24,25)16-8-15-14(7-13(16)2)19-17(22)11-26-15/h7-8,12H,4-6,9-11H2,1-3H3,(H,19,22). The molecule has 27 heavy (non-hydrogen) atoms. The van der Waals surface area contributed by atoms with Crippen molar-refractivity contribution in [1.82, 2.24) is 9.21 Å². The van der Waals surface area contributed by atoms with E-state index in [4.69, 9.17) is 4.74 Å². The maximum absolute atomic E-state index is 13.0. The second kappa shape index (κ2) is 7.47. The number of fused-ring (bicyclic) bond motifs is 1. The Balaban J connectivity index is 1.79. The lowest BCUT2D eigenvalue weighted by molar-refractivity contribution is -0.132. The van der Waals surface area contributed by atoms with E-state index in [-0.39, 0.29) is 29.9 Å². The third kappa shape index (κ3) is 4.08. The summed E-state index contributed by atoms with van der Waals surface area (Å²) in [6.07, 6.45) is 2.03. The maximum Gasteiger partial charge on any atom is 0.262 e. The monoisotopic (exact) mass is 395 g/mol. The Bertz CT molecular complexity index is 868. The normalized spacial score (nSPS) is 20.1. The van der Waals surface area contributed by atoms with Crippen LogP contribution in [-0.4, -0.2) is 62.7 Å². The van der Waals surface area contributed by atoms with Gasteiger partial charge in [-0.25, -0.2) is 8.42 Å². The Morgan fingerprint density at radius 3 is 2.85 bits per heavy atom. The number of aryl methyl sites for hydroxylation is 1. The van der Waals surface area contributed by atoms with Crippen molar-refractivity contribution in [3.05, 3.63) is 17.7 Å². The number of ether oxygens (including phenoxy) is 1. The lowest BCUT2D eigenvalue weighted by Gasteiger charge is -2.32. The minimum atomic E-state index is -3.87. The molecule has 1 atom stereocenters. The molecule has 3 rings (SSSR count). The van der Waals surface area contributed by atoms with Gasteiger partial charge in [0.05, 0.1) is 17.1 Å². The fraction of sp³-hybridized carbons (Fsp3) is 0.556. The summed E-state index contributed by atoms with van der Waals surface area (Å²) in [4.78, 5) is 25.8. The smallest absolute Gasteiger partial charge is 0.262 e. The van der Waals surface area contributed by atoms with Crippen LogP contribution in [0.25, 0.3) is 0 Å². The molecule has 1 saturated heterocycles. The Hall–Kier alpha value is -2.13. The molecule has 0 aliphatic carbocycles. The Labute approximate surface area is 159 Å². The van der Waals surface area contributed by atoms with E-state index in [1.54, 1.807) is 17.9 Å². The number of sulfonamides is 1. The average molecular weight is 395 g/mol. The van der Waals surface area contributed by atoms with E-state index in [1.807, 2.05) is 0 Å². The number of carbonyl (C=O) groups excluding carboxylic acids is 2. The number of carbonyl (C=O) groups is 2. The van der Waals surface area contributed by atoms with Gasteiger partial charge in [0, 0.05) is 26.2 Å². The fourth-order valence-electron chi connectivity index (χ4n) is 3.45. The van der Waals surface area contributed by atoms with Crippen LogP contribution < -0.4 is 10.1 Å². The van der Waals surface area contributed by atoms with E-state index >= 15 is 0 Å². The lowest BCUT2D eigenvalue weighted by Crippen LogP contribution is -2.45. The van der Waals surface area contributed by atoms with Gasteiger partial charge in [-0.1, -0.05) is 6.92 Å². The predicted molar refractivity (Wildman–Crippen MR) is 100 cm³/mol. The molecule has 8 nitrogen and oxygen atoms in total. The largest absolute Gasteiger partial charge is 0.482 e. The quantitative estimate of drug-likeness (QED) is 0.827. The average Bonchev–Trinajstić information content (AvgIpc) is 2.60. The molecular formula is C18H25N3O5S. The van der Waals surface area contributed by atoms with Crippen LogP contribution in [0, 0.1) is 12.8 Å². The van der Waals surface area contributed by atoms with E-state index < -0.39 is 10.0 Å². The van der Waals surface area contributed by atoms with Crippen LogP contribution in [0.2, 0.25) is 0 Å². The molecule has 0 saturated carbocycles. The van der Waals surface area contributed by atoms with Crippen molar-refractivity contribution in [1.29, 1.82) is 0 Å². The molecule has 0 spiro atoms. The molecule has 2 aliphatic heterocycles. The van der Waals surface area contributed by atoms with Gasteiger partial charge >= 0.3 is 0 Å². The summed E-state index contributed by atoms with van der Waals surface area (Å²) in [5.74, 6) is 0.269. The summed E-state index contributed by atoms with van der Waals surface area (Å²) < 4.78 is 32.4. The number of piperidine rings is 1. The van der Waals surface area contributed by atoms with Crippen molar-refractivity contribution < 1.29 is 22.7 Å². The molecule has 9 heteroatoms. The van der Waals surface area contributed by atoms with Crippen molar-refractivity contribution in [3.8, 4) is 5.75 Å². The molecule has 1 N–H and O–H groups in total. The Morgan fingerprint density at radius 2 is 2.15 bits per heavy atom. The molecule has 0 radical (unpaired) electrons. The van der Waals surface area contributed by atoms with Crippen LogP contribution in [-0.2, 0) is 19.6 Å². The number of hydrogen-bond acceptors (Lipinski definition) is 5. The second-order valence-electron chi connectivity index (χ2n) is 7.30. The van der Waals surface area contributed by atoms with Gasteiger partial charge in [-0.2, -0.15) is 4.31 Å². The highest BCUT2D eigenvalue weighted by atomic mass is 32.2. The molecule has 1 aromatic carbocycles. The zero-order chi connectivity index (χ0) is 19.8. The molecule has 148 valence electrons. The first-order chi connectivity index (χ1) is 12.7. The van der Waals surface area contributed by atoms with Gasteiger partial charge in [0.15, 0.2) is 6.61 Å². The van der Waals surface area contributed by atoms with Gasteiger partial charge < -0.3 is 15.0 Å². The van der Waals surface area contributed by atoms with Crippen LogP contribution in [0.15, 0.2) is 17.0 Å². The second-order valence-corrected chi connectivity index (χ2v) is 9.31. The molecule has 2 heterocycles. The summed E-state index contributed by atoms with van der Waals surface area (Å²) in [6.45, 7) is 4.71. The number of benzene rings is 1. The number of nitrogens with one attached hydrogen (secondary N) is 1. The summed E-state index contributed by atoms with van der Waals surface area (Å²) in [5.41, 5.74) is 0.925. The van der Waals surface area contributed by atoms with Crippen LogP contribution in [0.3, 0.4) is 0 Å². The Kier molecular flexibility index (Phi) is 5.43. The number of likely N-dealkylation sites (tertiary alicyclic amines) is 1. The molecule has 0 bridgehead atoms. The summed E-state index contributed by atoms with van der Waals surface area (Å²) in [7, 11) is -2.47. The number of anilines is 1. The van der Waals surface area contributed by atoms with Gasteiger partial charge in [-0.05, 0) is 37.3 Å². The third-order valence-electron chi connectivity index (χ3n) is 4.97. The molecular weight excluding hydrogens is 370 g/mol. The first kappa shape index (κ1) is 19.6. The number of nitrogens with zero attached hydrogens (tertiary/aromatic N) is 2. The zero-order valence-corrected chi connectivity index (χ0v) is 16.6. The maximum atomic E-state index is 13.0. The van der Waals surface area contributed by atoms with Crippen LogP contribution in [0.1, 0.15) is 25.3 Å². The van der Waals surface area contributed by atoms with E-state index in [0.717, 1.165) is 17.1 Å². The van der Waals surface area contributed by atoms with Crippen molar-refractivity contribution in [2.24, 2.45) is 5.92 Å². The lowest BCUT2D eigenvalue weighted by atomic mass is 10.0. The number of hydrogen-bond donors (Lipinski definition) is 1. The SMILES string of the molecule is Cc1cc2c(cc1S(=O)(=O)N(C)CC(=O)N1CCCC(C)C1)OCC(=O)N2. The zero-order valence-electron chi connectivity index (χ0n) is 15.8. The molecule has 2 amide bonds. The van der Waals surface area contributed by atoms with Crippen LogP contribution in [0.4, 0.5) is 5.69 Å². The minimum Gasteiger partial charge on any atom is -0.482 e. The van der Waals surface area contributed by atoms with Gasteiger partial charge in [-0.15, -0.1) is 0 Å². The highest BCUT2D eigenvalue weighted by Gasteiger charge is 2.30.